The smallest absolute Gasteiger partial charge is 0.273 e. The second kappa shape index (κ2) is 7.92. The van der Waals surface area contributed by atoms with Gasteiger partial charge < -0.3 is 9.64 Å². The van der Waals surface area contributed by atoms with Crippen molar-refractivity contribution in [3.63, 3.8) is 0 Å². The van der Waals surface area contributed by atoms with Crippen LogP contribution in [0.2, 0.25) is 0 Å². The molecule has 0 radical (unpaired) electrons. The van der Waals surface area contributed by atoms with Crippen molar-refractivity contribution in [2.24, 2.45) is 0 Å². The van der Waals surface area contributed by atoms with Crippen LogP contribution in [0.1, 0.15) is 15.9 Å². The maximum atomic E-state index is 12.4. The van der Waals surface area contributed by atoms with Crippen molar-refractivity contribution in [3.05, 3.63) is 68.2 Å². The SMILES string of the molecule is Cc1ccc(C(=O)N(C)CCOc2ccc(Br)cc2)cc1[N+](=O)[O-]. The van der Waals surface area contributed by atoms with Gasteiger partial charge in [-0.25, -0.2) is 0 Å². The van der Waals surface area contributed by atoms with Crippen LogP contribution >= 0.6 is 15.9 Å². The van der Waals surface area contributed by atoms with E-state index < -0.39 is 4.92 Å². The van der Waals surface area contributed by atoms with E-state index in [-0.39, 0.29) is 11.6 Å². The molecule has 0 aliphatic heterocycles. The number of rotatable bonds is 6. The molecule has 6 nitrogen and oxygen atoms in total. The molecule has 24 heavy (non-hydrogen) atoms. The first-order valence-corrected chi connectivity index (χ1v) is 8.06. The predicted molar refractivity (Wildman–Crippen MR) is 94.4 cm³/mol. The zero-order chi connectivity index (χ0) is 17.7. The highest BCUT2D eigenvalue weighted by Crippen LogP contribution is 2.20. The van der Waals surface area contributed by atoms with Crippen LogP contribution in [0.25, 0.3) is 0 Å². The quantitative estimate of drug-likeness (QED) is 0.553. The van der Waals surface area contributed by atoms with Crippen molar-refractivity contribution in [2.45, 2.75) is 6.92 Å². The van der Waals surface area contributed by atoms with Crippen molar-refractivity contribution >= 4 is 27.5 Å². The lowest BCUT2D eigenvalue weighted by Gasteiger charge is -2.17. The number of halogens is 1. The molecule has 0 spiro atoms. The highest BCUT2D eigenvalue weighted by atomic mass is 79.9. The lowest BCUT2D eigenvalue weighted by atomic mass is 10.1. The summed E-state index contributed by atoms with van der Waals surface area (Å²) in [5.74, 6) is 0.433. The molecule has 2 rings (SSSR count). The molecule has 0 saturated carbocycles. The molecule has 0 aliphatic rings. The fourth-order valence-electron chi connectivity index (χ4n) is 2.09. The van der Waals surface area contributed by atoms with E-state index in [1.54, 1.807) is 26.1 Å². The van der Waals surface area contributed by atoms with E-state index in [0.29, 0.717) is 30.0 Å². The zero-order valence-corrected chi connectivity index (χ0v) is 14.9. The van der Waals surface area contributed by atoms with Gasteiger partial charge in [-0.1, -0.05) is 22.0 Å². The number of aryl methyl sites for hydroxylation is 1. The second-order valence-electron chi connectivity index (χ2n) is 5.29. The Morgan fingerprint density at radius 3 is 2.54 bits per heavy atom. The van der Waals surface area contributed by atoms with Gasteiger partial charge in [0.25, 0.3) is 11.6 Å². The van der Waals surface area contributed by atoms with E-state index >= 15 is 0 Å². The van der Waals surface area contributed by atoms with Gasteiger partial charge in [0.1, 0.15) is 12.4 Å². The first-order chi connectivity index (χ1) is 11.4. The Hall–Kier alpha value is -2.41. The Bertz CT molecular complexity index is 747. The molecule has 0 N–H and O–H groups in total. The lowest BCUT2D eigenvalue weighted by molar-refractivity contribution is -0.385. The molecule has 0 atom stereocenters. The number of carbonyl (C=O) groups is 1. The molecular formula is C17H17BrN2O4. The van der Waals surface area contributed by atoms with Crippen molar-refractivity contribution in [1.29, 1.82) is 0 Å². The Balaban J connectivity index is 1.95. The first kappa shape index (κ1) is 17.9. The molecule has 0 unspecified atom stereocenters. The third-order valence-electron chi connectivity index (χ3n) is 3.51. The molecule has 0 aromatic heterocycles. The molecule has 0 bridgehead atoms. The molecule has 1 amide bonds. The third kappa shape index (κ3) is 4.55. The molecule has 0 heterocycles. The fraction of sp³-hybridized carbons (Fsp3) is 0.235. The maximum Gasteiger partial charge on any atom is 0.273 e. The molecule has 0 saturated heterocycles. The minimum Gasteiger partial charge on any atom is -0.492 e. The van der Waals surface area contributed by atoms with Gasteiger partial charge in [-0.05, 0) is 37.3 Å². The number of hydrogen-bond donors (Lipinski definition) is 0. The Morgan fingerprint density at radius 2 is 1.92 bits per heavy atom. The van der Waals surface area contributed by atoms with Gasteiger partial charge in [-0.3, -0.25) is 14.9 Å². The number of nitro benzene ring substituents is 1. The number of likely N-dealkylation sites (N-methyl/N-ethyl adjacent to an activating group) is 1. The predicted octanol–water partition coefficient (Wildman–Crippen LogP) is 3.82. The summed E-state index contributed by atoms with van der Waals surface area (Å²) < 4.78 is 6.54. The van der Waals surface area contributed by atoms with Gasteiger partial charge in [0.05, 0.1) is 11.5 Å². The van der Waals surface area contributed by atoms with Crippen LogP contribution < -0.4 is 4.74 Å². The summed E-state index contributed by atoms with van der Waals surface area (Å²) in [6.45, 7) is 2.34. The first-order valence-electron chi connectivity index (χ1n) is 7.27. The molecule has 0 aliphatic carbocycles. The number of amides is 1. The van der Waals surface area contributed by atoms with E-state index in [4.69, 9.17) is 4.74 Å². The normalized spacial score (nSPS) is 10.3. The summed E-state index contributed by atoms with van der Waals surface area (Å²) in [7, 11) is 1.64. The monoisotopic (exact) mass is 392 g/mol. The Morgan fingerprint density at radius 1 is 1.25 bits per heavy atom. The van der Waals surface area contributed by atoms with Crippen LogP contribution in [0.5, 0.6) is 5.75 Å². The van der Waals surface area contributed by atoms with Crippen LogP contribution in [-0.4, -0.2) is 35.9 Å². The summed E-state index contributed by atoms with van der Waals surface area (Å²) in [6.07, 6.45) is 0. The van der Waals surface area contributed by atoms with Crippen molar-refractivity contribution in [1.82, 2.24) is 4.90 Å². The largest absolute Gasteiger partial charge is 0.492 e. The van der Waals surface area contributed by atoms with Crippen LogP contribution in [0.15, 0.2) is 46.9 Å². The van der Waals surface area contributed by atoms with Crippen LogP contribution in [0.3, 0.4) is 0 Å². The summed E-state index contributed by atoms with van der Waals surface area (Å²) in [5, 5.41) is 11.0. The van der Waals surface area contributed by atoms with Crippen LogP contribution in [0, 0.1) is 17.0 Å². The number of carbonyl (C=O) groups excluding carboxylic acids is 1. The molecule has 126 valence electrons. The Labute approximate surface area is 148 Å². The minimum absolute atomic E-state index is 0.0552. The van der Waals surface area contributed by atoms with Gasteiger partial charge in [-0.2, -0.15) is 0 Å². The average Bonchev–Trinajstić information content (AvgIpc) is 2.56. The van der Waals surface area contributed by atoms with Gasteiger partial charge in [0.15, 0.2) is 0 Å². The molecule has 0 fully saturated rings. The van der Waals surface area contributed by atoms with Crippen LogP contribution in [0.4, 0.5) is 5.69 Å². The zero-order valence-electron chi connectivity index (χ0n) is 13.4. The lowest BCUT2D eigenvalue weighted by Crippen LogP contribution is -2.30. The van der Waals surface area contributed by atoms with E-state index in [9.17, 15) is 14.9 Å². The second-order valence-corrected chi connectivity index (χ2v) is 6.20. The van der Waals surface area contributed by atoms with Crippen molar-refractivity contribution in [2.75, 3.05) is 20.2 Å². The van der Waals surface area contributed by atoms with Crippen molar-refractivity contribution < 1.29 is 14.5 Å². The third-order valence-corrected chi connectivity index (χ3v) is 4.04. The molecular weight excluding hydrogens is 376 g/mol. The van der Waals surface area contributed by atoms with E-state index in [1.165, 1.54) is 11.0 Å². The number of ether oxygens (including phenoxy) is 1. The summed E-state index contributed by atoms with van der Waals surface area (Å²) >= 11 is 3.35. The molecule has 7 heteroatoms. The maximum absolute atomic E-state index is 12.4. The number of nitro groups is 1. The average molecular weight is 393 g/mol. The fourth-order valence-corrected chi connectivity index (χ4v) is 2.36. The topological polar surface area (TPSA) is 72.7 Å². The van der Waals surface area contributed by atoms with Gasteiger partial charge in [0.2, 0.25) is 0 Å². The summed E-state index contributed by atoms with van der Waals surface area (Å²) in [6, 6.07) is 11.9. The number of benzene rings is 2. The number of nitrogens with zero attached hydrogens (tertiary/aromatic N) is 2. The van der Waals surface area contributed by atoms with Gasteiger partial charge in [-0.15, -0.1) is 0 Å². The molecule has 2 aromatic rings. The van der Waals surface area contributed by atoms with E-state index in [2.05, 4.69) is 15.9 Å². The standard InChI is InChI=1S/C17H17BrN2O4/c1-12-3-4-13(11-16(12)20(22)23)17(21)19(2)9-10-24-15-7-5-14(18)6-8-15/h3-8,11H,9-10H2,1-2H3. The number of hydrogen-bond acceptors (Lipinski definition) is 4. The van der Waals surface area contributed by atoms with E-state index in [1.807, 2.05) is 24.3 Å². The molecule has 2 aromatic carbocycles. The highest BCUT2D eigenvalue weighted by molar-refractivity contribution is 9.10. The Kier molecular flexibility index (Phi) is 5.92. The summed E-state index contributed by atoms with van der Waals surface area (Å²) in [5.41, 5.74) is 0.761. The van der Waals surface area contributed by atoms with Gasteiger partial charge >= 0.3 is 0 Å². The summed E-state index contributed by atoms with van der Waals surface area (Å²) in [4.78, 5) is 24.3. The van der Waals surface area contributed by atoms with Crippen LogP contribution in [-0.2, 0) is 0 Å². The highest BCUT2D eigenvalue weighted by Gasteiger charge is 2.17. The van der Waals surface area contributed by atoms with Gasteiger partial charge in [0, 0.05) is 28.7 Å². The minimum atomic E-state index is -0.483. The van der Waals surface area contributed by atoms with E-state index in [0.717, 1.165) is 4.47 Å². The van der Waals surface area contributed by atoms with Crippen molar-refractivity contribution in [3.8, 4) is 5.75 Å².